The van der Waals surface area contributed by atoms with E-state index in [1.54, 1.807) is 6.92 Å². The molecule has 0 aromatic heterocycles. The Balaban J connectivity index is 2.04. The number of alkyl carbamates (subject to hydrolysis) is 1. The lowest BCUT2D eigenvalue weighted by Gasteiger charge is -2.15. The number of rotatable bonds is 2. The van der Waals surface area contributed by atoms with Crippen LogP contribution in [0.15, 0.2) is 24.3 Å². The van der Waals surface area contributed by atoms with Crippen LogP contribution in [0.25, 0.3) is 0 Å². The maximum absolute atomic E-state index is 11.3. The fraction of sp³-hybridized carbons (Fsp3) is 0.417. The Morgan fingerprint density at radius 3 is 3.00 bits per heavy atom. The number of carbonyl (C=O) groups is 1. The van der Waals surface area contributed by atoms with Crippen LogP contribution in [0.1, 0.15) is 23.4 Å². The van der Waals surface area contributed by atoms with Gasteiger partial charge in [0.15, 0.2) is 0 Å². The first kappa shape index (κ1) is 11.3. The highest BCUT2D eigenvalue weighted by Gasteiger charge is 2.31. The van der Waals surface area contributed by atoms with E-state index in [2.05, 4.69) is 5.32 Å². The number of benzene rings is 1. The zero-order valence-electron chi connectivity index (χ0n) is 9.07. The first-order valence-corrected chi connectivity index (χ1v) is 5.81. The summed E-state index contributed by atoms with van der Waals surface area (Å²) in [7, 11) is 0. The highest BCUT2D eigenvalue weighted by Crippen LogP contribution is 2.36. The van der Waals surface area contributed by atoms with Crippen molar-refractivity contribution < 1.29 is 9.53 Å². The van der Waals surface area contributed by atoms with E-state index in [4.69, 9.17) is 16.3 Å². The lowest BCUT2D eigenvalue weighted by atomic mass is 10.1. The van der Waals surface area contributed by atoms with Gasteiger partial charge in [0.2, 0.25) is 0 Å². The number of fused-ring (bicyclic) bond motifs is 1. The summed E-state index contributed by atoms with van der Waals surface area (Å²) in [5.41, 5.74) is 2.30. The molecule has 0 fully saturated rings. The molecular formula is C12H14ClNO2. The Morgan fingerprint density at radius 1 is 1.56 bits per heavy atom. The molecule has 2 rings (SSSR count). The maximum atomic E-state index is 11.3. The standard InChI is InChI=1S/C12H14ClNO2/c1-2-16-12(15)14-10-7-8-5-3-4-6-9(8)11(10)13/h3-6,10-11H,2,7H2,1H3,(H,14,15)/t10-,11+/m0/s1. The summed E-state index contributed by atoms with van der Waals surface area (Å²) < 4.78 is 4.84. The van der Waals surface area contributed by atoms with Crippen LogP contribution in [-0.2, 0) is 11.2 Å². The monoisotopic (exact) mass is 239 g/mol. The molecule has 86 valence electrons. The molecule has 0 unspecified atom stereocenters. The topological polar surface area (TPSA) is 38.3 Å². The third-order valence-corrected chi connectivity index (χ3v) is 3.26. The highest BCUT2D eigenvalue weighted by molar-refractivity contribution is 6.21. The summed E-state index contributed by atoms with van der Waals surface area (Å²) in [4.78, 5) is 11.3. The van der Waals surface area contributed by atoms with Crippen LogP contribution >= 0.6 is 11.6 Å². The second kappa shape index (κ2) is 4.74. The zero-order chi connectivity index (χ0) is 11.5. The number of hydrogen-bond donors (Lipinski definition) is 1. The van der Waals surface area contributed by atoms with Gasteiger partial charge in [-0.05, 0) is 24.5 Å². The number of ether oxygens (including phenoxy) is 1. The molecule has 0 radical (unpaired) electrons. The minimum Gasteiger partial charge on any atom is -0.450 e. The SMILES string of the molecule is CCOC(=O)N[C@H]1Cc2ccccc2[C@H]1Cl. The second-order valence-corrected chi connectivity index (χ2v) is 4.25. The van der Waals surface area contributed by atoms with Crippen molar-refractivity contribution in [2.45, 2.75) is 24.8 Å². The molecule has 16 heavy (non-hydrogen) atoms. The van der Waals surface area contributed by atoms with Crippen molar-refractivity contribution in [3.05, 3.63) is 35.4 Å². The molecule has 4 heteroatoms. The average Bonchev–Trinajstić information content (AvgIpc) is 2.57. The van der Waals surface area contributed by atoms with Crippen LogP contribution in [0.3, 0.4) is 0 Å². The average molecular weight is 240 g/mol. The van der Waals surface area contributed by atoms with E-state index in [9.17, 15) is 4.79 Å². The van der Waals surface area contributed by atoms with Crippen LogP contribution in [0.2, 0.25) is 0 Å². The molecule has 0 bridgehead atoms. The van der Waals surface area contributed by atoms with Gasteiger partial charge in [-0.1, -0.05) is 24.3 Å². The van der Waals surface area contributed by atoms with E-state index in [-0.39, 0.29) is 11.4 Å². The van der Waals surface area contributed by atoms with Crippen molar-refractivity contribution in [1.29, 1.82) is 0 Å². The van der Waals surface area contributed by atoms with E-state index in [1.165, 1.54) is 5.56 Å². The van der Waals surface area contributed by atoms with Crippen LogP contribution in [0.4, 0.5) is 4.79 Å². The Kier molecular flexibility index (Phi) is 3.34. The third-order valence-electron chi connectivity index (χ3n) is 2.72. The molecule has 1 aromatic carbocycles. The van der Waals surface area contributed by atoms with Crippen molar-refractivity contribution in [3.8, 4) is 0 Å². The van der Waals surface area contributed by atoms with E-state index < -0.39 is 6.09 Å². The molecule has 0 saturated heterocycles. The van der Waals surface area contributed by atoms with Gasteiger partial charge in [-0.25, -0.2) is 4.79 Å². The summed E-state index contributed by atoms with van der Waals surface area (Å²) in [5.74, 6) is 0. The molecule has 3 nitrogen and oxygen atoms in total. The van der Waals surface area contributed by atoms with E-state index in [1.807, 2.05) is 24.3 Å². The van der Waals surface area contributed by atoms with Crippen LogP contribution < -0.4 is 5.32 Å². The number of carbonyl (C=O) groups excluding carboxylic acids is 1. The highest BCUT2D eigenvalue weighted by atomic mass is 35.5. The second-order valence-electron chi connectivity index (χ2n) is 3.78. The van der Waals surface area contributed by atoms with Gasteiger partial charge in [-0.2, -0.15) is 0 Å². The molecule has 1 aliphatic carbocycles. The van der Waals surface area contributed by atoms with E-state index in [0.29, 0.717) is 6.61 Å². The molecule has 0 spiro atoms. The van der Waals surface area contributed by atoms with Gasteiger partial charge < -0.3 is 10.1 Å². The molecule has 2 atom stereocenters. The summed E-state index contributed by atoms with van der Waals surface area (Å²) >= 11 is 6.28. The van der Waals surface area contributed by atoms with Crippen LogP contribution in [0, 0.1) is 0 Å². The summed E-state index contributed by atoms with van der Waals surface area (Å²) in [6.45, 7) is 2.15. The molecular weight excluding hydrogens is 226 g/mol. The minimum atomic E-state index is -0.397. The molecule has 0 aliphatic heterocycles. The van der Waals surface area contributed by atoms with Gasteiger partial charge in [0.05, 0.1) is 18.0 Å². The first-order valence-electron chi connectivity index (χ1n) is 5.37. The number of amides is 1. The molecule has 1 amide bonds. The number of hydrogen-bond acceptors (Lipinski definition) is 2. The predicted molar refractivity (Wildman–Crippen MR) is 62.7 cm³/mol. The summed E-state index contributed by atoms with van der Waals surface area (Å²) in [6, 6.07) is 7.91. The Bertz CT molecular complexity index is 394. The van der Waals surface area contributed by atoms with Gasteiger partial charge in [0, 0.05) is 0 Å². The normalized spacial score (nSPS) is 22.6. The summed E-state index contributed by atoms with van der Waals surface area (Å²) in [5, 5.41) is 2.62. The molecule has 0 saturated carbocycles. The van der Waals surface area contributed by atoms with Crippen molar-refractivity contribution in [1.82, 2.24) is 5.32 Å². The van der Waals surface area contributed by atoms with Crippen molar-refractivity contribution in [3.63, 3.8) is 0 Å². The van der Waals surface area contributed by atoms with Gasteiger partial charge >= 0.3 is 6.09 Å². The van der Waals surface area contributed by atoms with Crippen molar-refractivity contribution >= 4 is 17.7 Å². The van der Waals surface area contributed by atoms with E-state index in [0.717, 1.165) is 12.0 Å². The quantitative estimate of drug-likeness (QED) is 0.806. The van der Waals surface area contributed by atoms with Gasteiger partial charge in [-0.15, -0.1) is 11.6 Å². The summed E-state index contributed by atoms with van der Waals surface area (Å²) in [6.07, 6.45) is 0.370. The fourth-order valence-corrected chi connectivity index (χ4v) is 2.36. The Morgan fingerprint density at radius 2 is 2.31 bits per heavy atom. The molecule has 0 heterocycles. The predicted octanol–water partition coefficient (Wildman–Crippen LogP) is 2.64. The third kappa shape index (κ3) is 2.14. The Hall–Kier alpha value is -1.22. The first-order chi connectivity index (χ1) is 7.72. The lowest BCUT2D eigenvalue weighted by molar-refractivity contribution is 0.148. The van der Waals surface area contributed by atoms with Crippen LogP contribution in [-0.4, -0.2) is 18.7 Å². The number of halogens is 1. The number of alkyl halides is 1. The van der Waals surface area contributed by atoms with Crippen molar-refractivity contribution in [2.24, 2.45) is 0 Å². The van der Waals surface area contributed by atoms with Gasteiger partial charge in [0.1, 0.15) is 0 Å². The van der Waals surface area contributed by atoms with Gasteiger partial charge in [0.25, 0.3) is 0 Å². The lowest BCUT2D eigenvalue weighted by Crippen LogP contribution is -2.36. The molecule has 1 N–H and O–H groups in total. The molecule has 1 aliphatic rings. The largest absolute Gasteiger partial charge is 0.450 e. The fourth-order valence-electron chi connectivity index (χ4n) is 1.99. The van der Waals surface area contributed by atoms with Crippen LogP contribution in [0.5, 0.6) is 0 Å². The number of nitrogens with one attached hydrogen (secondary N) is 1. The molecule has 1 aromatic rings. The van der Waals surface area contributed by atoms with Crippen molar-refractivity contribution in [2.75, 3.05) is 6.61 Å². The Labute approximate surface area is 99.7 Å². The minimum absolute atomic E-state index is 0.0712. The van der Waals surface area contributed by atoms with E-state index >= 15 is 0 Å². The zero-order valence-corrected chi connectivity index (χ0v) is 9.83. The smallest absolute Gasteiger partial charge is 0.407 e. The van der Waals surface area contributed by atoms with Gasteiger partial charge in [-0.3, -0.25) is 0 Å². The maximum Gasteiger partial charge on any atom is 0.407 e.